The van der Waals surface area contributed by atoms with Gasteiger partial charge < -0.3 is 4.57 Å². The molecule has 1 atom stereocenters. The summed E-state index contributed by atoms with van der Waals surface area (Å²) in [7, 11) is 0. The van der Waals surface area contributed by atoms with E-state index in [0.717, 1.165) is 28.9 Å². The average molecular weight is 403 g/mol. The topological polar surface area (TPSA) is 42.3 Å². The number of rotatable bonds is 4. The van der Waals surface area contributed by atoms with E-state index in [1.54, 1.807) is 4.90 Å². The number of amides is 1. The summed E-state index contributed by atoms with van der Waals surface area (Å²) >= 11 is 3.31. The Morgan fingerprint density at radius 2 is 1.92 bits per heavy atom. The number of hydrogen-bond donors (Lipinski definition) is 0. The third-order valence-electron chi connectivity index (χ3n) is 4.95. The third-order valence-corrected chi connectivity index (χ3v) is 5.43. The number of aromatic nitrogens is 1. The van der Waals surface area contributed by atoms with Crippen molar-refractivity contribution in [1.29, 1.82) is 0 Å². The average Bonchev–Trinajstić information content (AvgIpc) is 2.96. The van der Waals surface area contributed by atoms with E-state index in [9.17, 15) is 9.59 Å². The van der Waals surface area contributed by atoms with Gasteiger partial charge in [0.15, 0.2) is 5.78 Å². The SMILES string of the molecule is CCc1cn(CC)c2c1N(C(=O)CBr)c1ccccc1C(CC)C2=O. The highest BCUT2D eigenvalue weighted by Gasteiger charge is 2.38. The minimum atomic E-state index is -0.229. The number of halogens is 1. The van der Waals surface area contributed by atoms with Gasteiger partial charge in [-0.25, -0.2) is 0 Å². The molecule has 5 heteroatoms. The van der Waals surface area contributed by atoms with Crippen molar-refractivity contribution in [2.45, 2.75) is 46.1 Å². The molecule has 2 aromatic rings. The largest absolute Gasteiger partial charge is 0.343 e. The van der Waals surface area contributed by atoms with E-state index in [0.29, 0.717) is 18.7 Å². The summed E-state index contributed by atoms with van der Waals surface area (Å²) in [5, 5.41) is 0.214. The molecule has 25 heavy (non-hydrogen) atoms. The van der Waals surface area contributed by atoms with Gasteiger partial charge in [-0.2, -0.15) is 0 Å². The number of aryl methyl sites for hydroxylation is 2. The van der Waals surface area contributed by atoms with E-state index in [1.807, 2.05) is 48.9 Å². The van der Waals surface area contributed by atoms with Gasteiger partial charge in [0.05, 0.1) is 22.6 Å². The lowest BCUT2D eigenvalue weighted by molar-refractivity contribution is -0.115. The van der Waals surface area contributed by atoms with Crippen LogP contribution in [0.25, 0.3) is 0 Å². The first-order valence-corrected chi connectivity index (χ1v) is 9.95. The van der Waals surface area contributed by atoms with Crippen LogP contribution in [0.15, 0.2) is 30.5 Å². The molecule has 0 spiro atoms. The fourth-order valence-electron chi connectivity index (χ4n) is 3.75. The number of benzene rings is 1. The van der Waals surface area contributed by atoms with Crippen molar-refractivity contribution >= 4 is 39.0 Å². The molecular formula is C20H23BrN2O2. The molecule has 1 aliphatic rings. The van der Waals surface area contributed by atoms with Crippen molar-refractivity contribution in [2.75, 3.05) is 10.2 Å². The molecule has 0 N–H and O–H groups in total. The monoisotopic (exact) mass is 402 g/mol. The highest BCUT2D eigenvalue weighted by Crippen LogP contribution is 2.44. The maximum absolute atomic E-state index is 13.4. The summed E-state index contributed by atoms with van der Waals surface area (Å²) in [4.78, 5) is 28.0. The van der Waals surface area contributed by atoms with Gasteiger partial charge in [0, 0.05) is 12.7 Å². The number of nitrogens with zero attached hydrogens (tertiary/aromatic N) is 2. The van der Waals surface area contributed by atoms with Crippen molar-refractivity contribution < 1.29 is 9.59 Å². The molecule has 0 saturated carbocycles. The summed E-state index contributed by atoms with van der Waals surface area (Å²) in [6.45, 7) is 6.83. The zero-order chi connectivity index (χ0) is 18.1. The van der Waals surface area contributed by atoms with Gasteiger partial charge in [0.25, 0.3) is 0 Å². The Hall–Kier alpha value is -1.88. The van der Waals surface area contributed by atoms with Crippen molar-refractivity contribution in [3.05, 3.63) is 47.3 Å². The molecule has 3 rings (SSSR count). The zero-order valence-electron chi connectivity index (χ0n) is 14.9. The minimum Gasteiger partial charge on any atom is -0.343 e. The first kappa shape index (κ1) is 17.9. The Morgan fingerprint density at radius 3 is 2.52 bits per heavy atom. The Morgan fingerprint density at radius 1 is 1.20 bits per heavy atom. The fraction of sp³-hybridized carbons (Fsp3) is 0.400. The number of carbonyl (C=O) groups is 2. The van der Waals surface area contributed by atoms with E-state index in [-0.39, 0.29) is 22.9 Å². The quantitative estimate of drug-likeness (QED) is 0.687. The summed E-state index contributed by atoms with van der Waals surface area (Å²) in [5.74, 6) is -0.175. The van der Waals surface area contributed by atoms with E-state index >= 15 is 0 Å². The molecule has 1 aromatic carbocycles. The van der Waals surface area contributed by atoms with Crippen molar-refractivity contribution in [3.63, 3.8) is 0 Å². The van der Waals surface area contributed by atoms with Crippen molar-refractivity contribution in [1.82, 2.24) is 4.57 Å². The lowest BCUT2D eigenvalue weighted by Gasteiger charge is -2.24. The van der Waals surface area contributed by atoms with Crippen LogP contribution in [0.5, 0.6) is 0 Å². The molecule has 4 nitrogen and oxygen atoms in total. The molecule has 1 aromatic heterocycles. The third kappa shape index (κ3) is 2.74. The van der Waals surface area contributed by atoms with Gasteiger partial charge in [0.1, 0.15) is 5.69 Å². The normalized spacial score (nSPS) is 16.4. The lowest BCUT2D eigenvalue weighted by Crippen LogP contribution is -2.28. The van der Waals surface area contributed by atoms with Gasteiger partial charge in [-0.15, -0.1) is 0 Å². The number of anilines is 2. The summed E-state index contributed by atoms with van der Waals surface area (Å²) in [5.41, 5.74) is 4.23. The van der Waals surface area contributed by atoms with Gasteiger partial charge in [-0.05, 0) is 37.0 Å². The van der Waals surface area contributed by atoms with Crippen LogP contribution in [-0.2, 0) is 17.8 Å². The standard InChI is InChI=1S/C20H23BrN2O2/c1-4-13-12-22(6-3)19-18(13)23(17(24)11-21)16-10-8-7-9-15(16)14(5-2)20(19)25/h7-10,12,14H,4-6,11H2,1-3H3. The second-order valence-electron chi connectivity index (χ2n) is 6.24. The predicted molar refractivity (Wildman–Crippen MR) is 104 cm³/mol. The number of fused-ring (bicyclic) bond motifs is 2. The zero-order valence-corrected chi connectivity index (χ0v) is 16.5. The first-order chi connectivity index (χ1) is 12.1. The molecular weight excluding hydrogens is 380 g/mol. The Kier molecular flexibility index (Phi) is 5.13. The lowest BCUT2D eigenvalue weighted by atomic mass is 9.90. The van der Waals surface area contributed by atoms with Crippen LogP contribution < -0.4 is 4.90 Å². The number of hydrogen-bond acceptors (Lipinski definition) is 2. The molecule has 1 unspecified atom stereocenters. The molecule has 0 aliphatic carbocycles. The van der Waals surface area contributed by atoms with Crippen LogP contribution in [0.4, 0.5) is 11.4 Å². The highest BCUT2D eigenvalue weighted by atomic mass is 79.9. The number of para-hydroxylation sites is 1. The Balaban J connectivity index is 2.41. The molecule has 0 bridgehead atoms. The Bertz CT molecular complexity index is 825. The van der Waals surface area contributed by atoms with Gasteiger partial charge in [-0.1, -0.05) is 48.0 Å². The molecule has 1 aliphatic heterocycles. The predicted octanol–water partition coefficient (Wildman–Crippen LogP) is 4.82. The molecule has 132 valence electrons. The van der Waals surface area contributed by atoms with Crippen LogP contribution >= 0.6 is 15.9 Å². The fourth-order valence-corrected chi connectivity index (χ4v) is 4.01. The van der Waals surface area contributed by atoms with Gasteiger partial charge in [0.2, 0.25) is 5.91 Å². The molecule has 0 radical (unpaired) electrons. The first-order valence-electron chi connectivity index (χ1n) is 8.82. The van der Waals surface area contributed by atoms with E-state index < -0.39 is 0 Å². The number of Topliss-reactive ketones (excluding diaryl/α,β-unsaturated/α-hetero) is 1. The van der Waals surface area contributed by atoms with Gasteiger partial charge >= 0.3 is 0 Å². The number of carbonyl (C=O) groups excluding carboxylic acids is 2. The molecule has 2 heterocycles. The van der Waals surface area contributed by atoms with Crippen LogP contribution in [0, 0.1) is 0 Å². The minimum absolute atomic E-state index is 0.0539. The number of ketones is 1. The maximum atomic E-state index is 13.4. The summed E-state index contributed by atoms with van der Waals surface area (Å²) in [6.07, 6.45) is 3.51. The maximum Gasteiger partial charge on any atom is 0.242 e. The molecule has 0 saturated heterocycles. The van der Waals surface area contributed by atoms with E-state index in [4.69, 9.17) is 0 Å². The van der Waals surface area contributed by atoms with Crippen molar-refractivity contribution in [3.8, 4) is 0 Å². The second-order valence-corrected chi connectivity index (χ2v) is 6.80. The number of alkyl halides is 1. The van der Waals surface area contributed by atoms with Crippen molar-refractivity contribution in [2.24, 2.45) is 0 Å². The highest BCUT2D eigenvalue weighted by molar-refractivity contribution is 9.09. The van der Waals surface area contributed by atoms with Gasteiger partial charge in [-0.3, -0.25) is 14.5 Å². The van der Waals surface area contributed by atoms with Crippen LogP contribution in [-0.4, -0.2) is 21.6 Å². The summed E-state index contributed by atoms with van der Waals surface area (Å²) in [6, 6.07) is 7.79. The molecule has 1 amide bonds. The van der Waals surface area contributed by atoms with E-state index in [1.165, 1.54) is 0 Å². The second kappa shape index (κ2) is 7.16. The van der Waals surface area contributed by atoms with E-state index in [2.05, 4.69) is 22.9 Å². The summed E-state index contributed by atoms with van der Waals surface area (Å²) < 4.78 is 2.00. The smallest absolute Gasteiger partial charge is 0.242 e. The van der Waals surface area contributed by atoms with Crippen LogP contribution in [0.3, 0.4) is 0 Å². The van der Waals surface area contributed by atoms with Crippen LogP contribution in [0.2, 0.25) is 0 Å². The Labute approximate surface area is 157 Å². The molecule has 0 fully saturated rings. The van der Waals surface area contributed by atoms with Crippen LogP contribution in [0.1, 0.15) is 54.7 Å².